The SMILES string of the molecule is CCN(CCN(C)C(=O)Nc1ccc(N2CCC(N(C)C)C2)cc1)c1ccc(Br)cc1. The second-order valence-corrected chi connectivity index (χ2v) is 9.22. The van der Waals surface area contributed by atoms with Crippen molar-refractivity contribution in [2.24, 2.45) is 0 Å². The molecule has 2 aromatic rings. The summed E-state index contributed by atoms with van der Waals surface area (Å²) >= 11 is 3.48. The molecule has 1 fully saturated rings. The van der Waals surface area contributed by atoms with Crippen LogP contribution < -0.4 is 15.1 Å². The van der Waals surface area contributed by atoms with Gasteiger partial charge in [0.1, 0.15) is 0 Å². The van der Waals surface area contributed by atoms with Crippen molar-refractivity contribution in [3.05, 3.63) is 53.0 Å². The quantitative estimate of drug-likeness (QED) is 0.591. The van der Waals surface area contributed by atoms with Crippen molar-refractivity contribution >= 4 is 39.0 Å². The number of hydrogen-bond acceptors (Lipinski definition) is 4. The van der Waals surface area contributed by atoms with Gasteiger partial charge in [-0.25, -0.2) is 4.79 Å². The average molecular weight is 488 g/mol. The van der Waals surface area contributed by atoms with Crippen LogP contribution in [-0.2, 0) is 0 Å². The molecule has 1 aliphatic heterocycles. The molecule has 0 bridgehead atoms. The molecule has 3 rings (SSSR count). The van der Waals surface area contributed by atoms with E-state index in [1.165, 1.54) is 12.1 Å². The van der Waals surface area contributed by atoms with Crippen molar-refractivity contribution in [3.63, 3.8) is 0 Å². The third kappa shape index (κ3) is 6.37. The van der Waals surface area contributed by atoms with E-state index in [-0.39, 0.29) is 6.03 Å². The van der Waals surface area contributed by atoms with Crippen LogP contribution in [0.4, 0.5) is 21.9 Å². The standard InChI is InChI=1S/C24H34BrN5O/c1-5-29(21-10-6-19(25)7-11-21)17-16-28(4)24(31)26-20-8-12-22(13-9-20)30-15-14-23(18-30)27(2)3/h6-13,23H,5,14-18H2,1-4H3,(H,26,31). The first kappa shape index (κ1) is 23.4. The highest BCUT2D eigenvalue weighted by Gasteiger charge is 2.24. The fraction of sp³-hybridized carbons (Fsp3) is 0.458. The van der Waals surface area contributed by atoms with Crippen molar-refractivity contribution in [1.82, 2.24) is 9.80 Å². The Balaban J connectivity index is 1.49. The zero-order valence-electron chi connectivity index (χ0n) is 19.0. The van der Waals surface area contributed by atoms with E-state index in [0.717, 1.165) is 42.0 Å². The molecule has 1 N–H and O–H groups in total. The van der Waals surface area contributed by atoms with E-state index in [2.05, 4.69) is 81.2 Å². The molecule has 0 radical (unpaired) electrons. The summed E-state index contributed by atoms with van der Waals surface area (Å²) in [5.74, 6) is 0. The van der Waals surface area contributed by atoms with Gasteiger partial charge in [0.05, 0.1) is 0 Å². The lowest BCUT2D eigenvalue weighted by Crippen LogP contribution is -2.38. The van der Waals surface area contributed by atoms with Crippen LogP contribution in [-0.4, -0.2) is 75.7 Å². The van der Waals surface area contributed by atoms with Gasteiger partial charge in [-0.15, -0.1) is 0 Å². The Morgan fingerprint density at radius 3 is 2.32 bits per heavy atom. The molecule has 1 unspecified atom stereocenters. The minimum atomic E-state index is -0.0894. The van der Waals surface area contributed by atoms with Crippen molar-refractivity contribution in [1.29, 1.82) is 0 Å². The van der Waals surface area contributed by atoms with Crippen LogP contribution in [0, 0.1) is 0 Å². The number of carbonyl (C=O) groups is 1. The molecule has 1 heterocycles. The Bertz CT molecular complexity index is 840. The molecule has 1 saturated heterocycles. The lowest BCUT2D eigenvalue weighted by molar-refractivity contribution is 0.223. The number of nitrogens with one attached hydrogen (secondary N) is 1. The molecule has 7 heteroatoms. The monoisotopic (exact) mass is 487 g/mol. The highest BCUT2D eigenvalue weighted by Crippen LogP contribution is 2.24. The van der Waals surface area contributed by atoms with Gasteiger partial charge in [-0.3, -0.25) is 0 Å². The summed E-state index contributed by atoms with van der Waals surface area (Å²) in [5.41, 5.74) is 3.20. The van der Waals surface area contributed by atoms with Gasteiger partial charge in [0.15, 0.2) is 0 Å². The van der Waals surface area contributed by atoms with Crippen LogP contribution in [0.3, 0.4) is 0 Å². The molecule has 0 aromatic heterocycles. The predicted molar refractivity (Wildman–Crippen MR) is 134 cm³/mol. The molecule has 0 spiro atoms. The van der Waals surface area contributed by atoms with Gasteiger partial charge in [0.2, 0.25) is 0 Å². The largest absolute Gasteiger partial charge is 0.370 e. The smallest absolute Gasteiger partial charge is 0.321 e. The van der Waals surface area contributed by atoms with E-state index in [1.54, 1.807) is 4.90 Å². The van der Waals surface area contributed by atoms with Crippen LogP contribution in [0.25, 0.3) is 0 Å². The molecule has 1 atom stereocenters. The maximum atomic E-state index is 12.6. The number of likely N-dealkylation sites (N-methyl/N-ethyl adjacent to an activating group) is 3. The Labute approximate surface area is 194 Å². The summed E-state index contributed by atoms with van der Waals surface area (Å²) in [4.78, 5) is 21.3. The molecule has 1 aliphatic rings. The van der Waals surface area contributed by atoms with Crippen LogP contribution in [0.2, 0.25) is 0 Å². The summed E-state index contributed by atoms with van der Waals surface area (Å²) in [6.45, 7) is 6.57. The maximum Gasteiger partial charge on any atom is 0.321 e. The summed E-state index contributed by atoms with van der Waals surface area (Å²) in [6, 6.07) is 17.0. The number of urea groups is 1. The molecule has 0 aliphatic carbocycles. The Hall–Kier alpha value is -2.25. The molecule has 6 nitrogen and oxygen atoms in total. The van der Waals surface area contributed by atoms with Gasteiger partial charge >= 0.3 is 6.03 Å². The van der Waals surface area contributed by atoms with Crippen molar-refractivity contribution in [2.45, 2.75) is 19.4 Å². The normalized spacial score (nSPS) is 15.9. The predicted octanol–water partition coefficient (Wildman–Crippen LogP) is 4.58. The van der Waals surface area contributed by atoms with Crippen LogP contribution >= 0.6 is 15.9 Å². The first-order valence-electron chi connectivity index (χ1n) is 10.9. The first-order valence-corrected chi connectivity index (χ1v) is 11.7. The summed E-state index contributed by atoms with van der Waals surface area (Å²) < 4.78 is 1.07. The Morgan fingerprint density at radius 2 is 1.74 bits per heavy atom. The summed E-state index contributed by atoms with van der Waals surface area (Å²) in [6.07, 6.45) is 1.19. The topological polar surface area (TPSA) is 42.1 Å². The highest BCUT2D eigenvalue weighted by molar-refractivity contribution is 9.10. The molecule has 2 amide bonds. The van der Waals surface area contributed by atoms with Gasteiger partial charge in [-0.2, -0.15) is 0 Å². The molecule has 0 saturated carbocycles. The number of benzene rings is 2. The number of halogens is 1. The first-order chi connectivity index (χ1) is 14.9. The number of carbonyl (C=O) groups excluding carboxylic acids is 1. The lowest BCUT2D eigenvalue weighted by atomic mass is 10.2. The maximum absolute atomic E-state index is 12.6. The molecule has 31 heavy (non-hydrogen) atoms. The van der Waals surface area contributed by atoms with Gasteiger partial charge < -0.3 is 24.9 Å². The Morgan fingerprint density at radius 1 is 1.06 bits per heavy atom. The van der Waals surface area contributed by atoms with Crippen molar-refractivity contribution in [2.75, 3.05) is 69.0 Å². The fourth-order valence-corrected chi connectivity index (χ4v) is 4.13. The van der Waals surface area contributed by atoms with Gasteiger partial charge in [0, 0.05) is 67.3 Å². The van der Waals surface area contributed by atoms with E-state index in [4.69, 9.17) is 0 Å². The number of hydrogen-bond donors (Lipinski definition) is 1. The van der Waals surface area contributed by atoms with Crippen LogP contribution in [0.5, 0.6) is 0 Å². The molecule has 168 valence electrons. The van der Waals surface area contributed by atoms with Crippen molar-refractivity contribution < 1.29 is 4.79 Å². The zero-order chi connectivity index (χ0) is 22.4. The van der Waals surface area contributed by atoms with Crippen LogP contribution in [0.1, 0.15) is 13.3 Å². The summed E-state index contributed by atoms with van der Waals surface area (Å²) in [7, 11) is 6.12. The molecular weight excluding hydrogens is 454 g/mol. The van der Waals surface area contributed by atoms with Gasteiger partial charge in [0.25, 0.3) is 0 Å². The summed E-state index contributed by atoms with van der Waals surface area (Å²) in [5, 5.41) is 3.01. The minimum Gasteiger partial charge on any atom is -0.370 e. The number of nitrogens with zero attached hydrogens (tertiary/aromatic N) is 4. The molecule has 2 aromatic carbocycles. The van der Waals surface area contributed by atoms with Crippen LogP contribution in [0.15, 0.2) is 53.0 Å². The number of amides is 2. The Kier molecular flexibility index (Phi) is 8.21. The third-order valence-electron chi connectivity index (χ3n) is 6.00. The average Bonchev–Trinajstić information content (AvgIpc) is 3.26. The van der Waals surface area contributed by atoms with Gasteiger partial charge in [-0.1, -0.05) is 15.9 Å². The lowest BCUT2D eigenvalue weighted by Gasteiger charge is -2.26. The van der Waals surface area contributed by atoms with E-state index in [9.17, 15) is 4.79 Å². The van der Waals surface area contributed by atoms with Crippen molar-refractivity contribution in [3.8, 4) is 0 Å². The molecular formula is C24H34BrN5O. The minimum absolute atomic E-state index is 0.0894. The second-order valence-electron chi connectivity index (χ2n) is 8.31. The van der Waals surface area contributed by atoms with E-state index in [1.807, 2.05) is 31.3 Å². The third-order valence-corrected chi connectivity index (χ3v) is 6.53. The van der Waals surface area contributed by atoms with E-state index < -0.39 is 0 Å². The highest BCUT2D eigenvalue weighted by atomic mass is 79.9. The van der Waals surface area contributed by atoms with E-state index in [0.29, 0.717) is 12.6 Å². The second kappa shape index (κ2) is 10.9. The number of rotatable bonds is 8. The number of anilines is 3. The van der Waals surface area contributed by atoms with E-state index >= 15 is 0 Å². The zero-order valence-corrected chi connectivity index (χ0v) is 20.6. The van der Waals surface area contributed by atoms with Gasteiger partial charge in [-0.05, 0) is 76.0 Å². The fourth-order valence-electron chi connectivity index (χ4n) is 3.87.